The van der Waals surface area contributed by atoms with Crippen LogP contribution in [0.2, 0.25) is 0 Å². The highest BCUT2D eigenvalue weighted by molar-refractivity contribution is 9.10. The molecule has 2 aromatic rings. The molecular formula is C24H31BrN2O3. The lowest BCUT2D eigenvalue weighted by Crippen LogP contribution is -2.49. The van der Waals surface area contributed by atoms with Crippen LogP contribution in [0.25, 0.3) is 0 Å². The van der Waals surface area contributed by atoms with Gasteiger partial charge in [0.1, 0.15) is 11.8 Å². The van der Waals surface area contributed by atoms with Crippen LogP contribution >= 0.6 is 15.9 Å². The van der Waals surface area contributed by atoms with Crippen molar-refractivity contribution >= 4 is 27.7 Å². The van der Waals surface area contributed by atoms with E-state index in [9.17, 15) is 9.59 Å². The number of aryl methyl sites for hydroxylation is 2. The second kappa shape index (κ2) is 11.2. The van der Waals surface area contributed by atoms with Crippen LogP contribution in [-0.2, 0) is 16.1 Å². The summed E-state index contributed by atoms with van der Waals surface area (Å²) in [5.41, 5.74) is 3.11. The lowest BCUT2D eigenvalue weighted by molar-refractivity contribution is -0.142. The van der Waals surface area contributed by atoms with Crippen molar-refractivity contribution in [2.24, 2.45) is 5.92 Å². The number of carbonyl (C=O) groups is 2. The van der Waals surface area contributed by atoms with E-state index in [1.807, 2.05) is 70.2 Å². The van der Waals surface area contributed by atoms with Gasteiger partial charge >= 0.3 is 0 Å². The number of hydrogen-bond acceptors (Lipinski definition) is 3. The zero-order chi connectivity index (χ0) is 22.3. The van der Waals surface area contributed by atoms with E-state index in [2.05, 4.69) is 21.2 Å². The van der Waals surface area contributed by atoms with E-state index in [0.29, 0.717) is 24.8 Å². The minimum Gasteiger partial charge on any atom is -0.484 e. The molecule has 0 heterocycles. The van der Waals surface area contributed by atoms with Crippen LogP contribution in [0.1, 0.15) is 37.5 Å². The summed E-state index contributed by atoms with van der Waals surface area (Å²) in [6, 6.07) is 12.9. The molecule has 0 aromatic heterocycles. The monoisotopic (exact) mass is 474 g/mol. The molecule has 1 N–H and O–H groups in total. The average molecular weight is 475 g/mol. The largest absolute Gasteiger partial charge is 0.484 e. The van der Waals surface area contributed by atoms with Gasteiger partial charge in [-0.15, -0.1) is 0 Å². The van der Waals surface area contributed by atoms with Crippen molar-refractivity contribution in [1.29, 1.82) is 0 Å². The topological polar surface area (TPSA) is 58.6 Å². The predicted octanol–water partition coefficient (Wildman–Crippen LogP) is 4.63. The quantitative estimate of drug-likeness (QED) is 0.575. The Hall–Kier alpha value is -2.34. The number of hydrogen-bond donors (Lipinski definition) is 1. The van der Waals surface area contributed by atoms with Gasteiger partial charge in [0.15, 0.2) is 6.61 Å². The SMILES string of the molecule is Cc1cccc(CN(C(=O)COc2ccc(Br)c(C)c2)[C@@H](C)C(=O)NCC(C)C)c1. The van der Waals surface area contributed by atoms with Crippen LogP contribution in [0, 0.1) is 19.8 Å². The highest BCUT2D eigenvalue weighted by atomic mass is 79.9. The molecule has 0 aliphatic rings. The Labute approximate surface area is 187 Å². The normalized spacial score (nSPS) is 11.8. The third kappa shape index (κ3) is 7.17. The fraction of sp³-hybridized carbons (Fsp3) is 0.417. The Morgan fingerprint density at radius 2 is 1.83 bits per heavy atom. The fourth-order valence-corrected chi connectivity index (χ4v) is 3.22. The lowest BCUT2D eigenvalue weighted by Gasteiger charge is -2.29. The van der Waals surface area contributed by atoms with Gasteiger partial charge in [0.2, 0.25) is 5.91 Å². The standard InChI is InChI=1S/C24H31BrN2O3/c1-16(2)13-26-24(29)19(5)27(14-20-8-6-7-17(3)11-20)23(28)15-30-21-9-10-22(25)18(4)12-21/h6-12,16,19H,13-15H2,1-5H3,(H,26,29)/t19-/m0/s1. The minimum absolute atomic E-state index is 0.130. The van der Waals surface area contributed by atoms with E-state index in [0.717, 1.165) is 21.2 Å². The number of ether oxygens (including phenoxy) is 1. The van der Waals surface area contributed by atoms with Crippen LogP contribution in [0.3, 0.4) is 0 Å². The van der Waals surface area contributed by atoms with Crippen molar-refractivity contribution in [2.75, 3.05) is 13.2 Å². The smallest absolute Gasteiger partial charge is 0.261 e. The maximum atomic E-state index is 13.1. The van der Waals surface area contributed by atoms with Gasteiger partial charge in [0, 0.05) is 17.6 Å². The summed E-state index contributed by atoms with van der Waals surface area (Å²) in [7, 11) is 0. The van der Waals surface area contributed by atoms with E-state index in [1.165, 1.54) is 0 Å². The molecule has 30 heavy (non-hydrogen) atoms. The molecule has 0 saturated heterocycles. The molecule has 0 unspecified atom stereocenters. The molecular weight excluding hydrogens is 444 g/mol. The van der Waals surface area contributed by atoms with Gasteiger partial charge in [-0.05, 0) is 56.0 Å². The Balaban J connectivity index is 2.14. The molecule has 1 atom stereocenters. The number of benzene rings is 2. The molecule has 5 nitrogen and oxygen atoms in total. The van der Waals surface area contributed by atoms with E-state index in [4.69, 9.17) is 4.74 Å². The maximum Gasteiger partial charge on any atom is 0.261 e. The van der Waals surface area contributed by atoms with Crippen molar-refractivity contribution in [2.45, 2.75) is 47.2 Å². The number of nitrogens with zero attached hydrogens (tertiary/aromatic N) is 1. The van der Waals surface area contributed by atoms with E-state index in [1.54, 1.807) is 11.8 Å². The molecule has 0 radical (unpaired) electrons. The molecule has 6 heteroatoms. The van der Waals surface area contributed by atoms with Gasteiger partial charge in [0.05, 0.1) is 0 Å². The van der Waals surface area contributed by atoms with Gasteiger partial charge in [-0.3, -0.25) is 9.59 Å². The number of halogens is 1. The lowest BCUT2D eigenvalue weighted by atomic mass is 10.1. The summed E-state index contributed by atoms with van der Waals surface area (Å²) in [5.74, 6) is 0.566. The van der Waals surface area contributed by atoms with Crippen molar-refractivity contribution < 1.29 is 14.3 Å². The first-order valence-electron chi connectivity index (χ1n) is 10.2. The second-order valence-electron chi connectivity index (χ2n) is 8.03. The number of amides is 2. The molecule has 0 fully saturated rings. The minimum atomic E-state index is -0.605. The Morgan fingerprint density at radius 1 is 1.10 bits per heavy atom. The van der Waals surface area contributed by atoms with Gasteiger partial charge in [-0.1, -0.05) is 59.6 Å². The molecule has 162 valence electrons. The molecule has 0 aliphatic heterocycles. The zero-order valence-electron chi connectivity index (χ0n) is 18.4. The van der Waals surface area contributed by atoms with Gasteiger partial charge in [0.25, 0.3) is 5.91 Å². The number of rotatable bonds is 9. The zero-order valence-corrected chi connectivity index (χ0v) is 20.0. The van der Waals surface area contributed by atoms with E-state index >= 15 is 0 Å². The highest BCUT2D eigenvalue weighted by Gasteiger charge is 2.26. The van der Waals surface area contributed by atoms with Crippen molar-refractivity contribution in [3.8, 4) is 5.75 Å². The molecule has 0 aliphatic carbocycles. The highest BCUT2D eigenvalue weighted by Crippen LogP contribution is 2.22. The number of carbonyl (C=O) groups excluding carboxylic acids is 2. The summed E-state index contributed by atoms with van der Waals surface area (Å²) < 4.78 is 6.71. The summed E-state index contributed by atoms with van der Waals surface area (Å²) in [6.07, 6.45) is 0. The summed E-state index contributed by atoms with van der Waals surface area (Å²) in [5, 5.41) is 2.92. The first kappa shape index (κ1) is 23.9. The van der Waals surface area contributed by atoms with Crippen molar-refractivity contribution in [3.63, 3.8) is 0 Å². The third-order valence-electron chi connectivity index (χ3n) is 4.78. The van der Waals surface area contributed by atoms with Crippen LogP contribution in [0.15, 0.2) is 46.9 Å². The molecule has 0 spiro atoms. The summed E-state index contributed by atoms with van der Waals surface area (Å²) >= 11 is 3.46. The van der Waals surface area contributed by atoms with Crippen molar-refractivity contribution in [3.05, 3.63) is 63.6 Å². The average Bonchev–Trinajstić information content (AvgIpc) is 2.70. The Bertz CT molecular complexity index is 883. The molecule has 2 amide bonds. The van der Waals surface area contributed by atoms with Gasteiger partial charge in [-0.2, -0.15) is 0 Å². The first-order valence-corrected chi connectivity index (χ1v) is 11.0. The van der Waals surface area contributed by atoms with Crippen LogP contribution in [0.5, 0.6) is 5.75 Å². The third-order valence-corrected chi connectivity index (χ3v) is 5.67. The fourth-order valence-electron chi connectivity index (χ4n) is 2.98. The van der Waals surface area contributed by atoms with Gasteiger partial charge in [-0.25, -0.2) is 0 Å². The van der Waals surface area contributed by atoms with Crippen LogP contribution in [0.4, 0.5) is 0 Å². The van der Waals surface area contributed by atoms with Crippen LogP contribution < -0.4 is 10.1 Å². The molecule has 2 rings (SSSR count). The van der Waals surface area contributed by atoms with Crippen molar-refractivity contribution in [1.82, 2.24) is 10.2 Å². The number of nitrogens with one attached hydrogen (secondary N) is 1. The Morgan fingerprint density at radius 3 is 2.47 bits per heavy atom. The van der Waals surface area contributed by atoms with Crippen LogP contribution in [-0.4, -0.2) is 35.9 Å². The summed E-state index contributed by atoms with van der Waals surface area (Å²) in [4.78, 5) is 27.3. The second-order valence-corrected chi connectivity index (χ2v) is 8.88. The molecule has 2 aromatic carbocycles. The first-order chi connectivity index (χ1) is 14.2. The van der Waals surface area contributed by atoms with E-state index in [-0.39, 0.29) is 18.4 Å². The van der Waals surface area contributed by atoms with E-state index < -0.39 is 6.04 Å². The molecule has 0 saturated carbocycles. The Kier molecular flexibility index (Phi) is 8.90. The predicted molar refractivity (Wildman–Crippen MR) is 123 cm³/mol. The van der Waals surface area contributed by atoms with Gasteiger partial charge < -0.3 is 15.0 Å². The summed E-state index contributed by atoms with van der Waals surface area (Å²) in [6.45, 7) is 10.6. The maximum absolute atomic E-state index is 13.1. The molecule has 0 bridgehead atoms.